The van der Waals surface area contributed by atoms with Gasteiger partial charge in [-0.15, -0.1) is 0 Å². The van der Waals surface area contributed by atoms with Crippen molar-refractivity contribution < 1.29 is 4.79 Å². The number of amides is 1. The van der Waals surface area contributed by atoms with Gasteiger partial charge in [0.15, 0.2) is 0 Å². The first-order chi connectivity index (χ1) is 11.6. The highest BCUT2D eigenvalue weighted by atomic mass is 16.2. The lowest BCUT2D eigenvalue weighted by molar-refractivity contribution is -0.131. The van der Waals surface area contributed by atoms with E-state index in [-0.39, 0.29) is 11.8 Å². The fourth-order valence-corrected chi connectivity index (χ4v) is 4.19. The molecular weight excluding hydrogens is 298 g/mol. The second kappa shape index (κ2) is 5.64. The van der Waals surface area contributed by atoms with Gasteiger partial charge in [0.25, 0.3) is 0 Å². The number of hydrogen-bond donors (Lipinski definition) is 1. The van der Waals surface area contributed by atoms with Gasteiger partial charge in [-0.1, -0.05) is 24.8 Å². The summed E-state index contributed by atoms with van der Waals surface area (Å²) >= 11 is 0. The van der Waals surface area contributed by atoms with Crippen molar-refractivity contribution in [2.45, 2.75) is 19.4 Å². The first-order valence-electron chi connectivity index (χ1n) is 8.58. The van der Waals surface area contributed by atoms with Crippen LogP contribution in [0.15, 0.2) is 43.3 Å². The minimum Gasteiger partial charge on any atom is -0.361 e. The fraction of sp³-hybridized carbons (Fsp3) is 0.350. The van der Waals surface area contributed by atoms with Crippen LogP contribution < -0.4 is 0 Å². The molecule has 1 N–H and O–H groups in total. The smallest absolute Gasteiger partial charge is 0.234 e. The Morgan fingerprint density at radius 2 is 2.33 bits per heavy atom. The third-order valence-corrected chi connectivity index (χ3v) is 5.43. The van der Waals surface area contributed by atoms with E-state index in [1.807, 2.05) is 6.92 Å². The maximum absolute atomic E-state index is 12.8. The van der Waals surface area contributed by atoms with Crippen LogP contribution in [0.1, 0.15) is 18.1 Å². The molecule has 2 atom stereocenters. The van der Waals surface area contributed by atoms with Crippen molar-refractivity contribution in [2.75, 3.05) is 20.1 Å². The van der Waals surface area contributed by atoms with E-state index in [1.54, 1.807) is 11.1 Å². The van der Waals surface area contributed by atoms with Crippen LogP contribution in [0.2, 0.25) is 0 Å². The molecule has 0 unspecified atom stereocenters. The molecule has 1 amide bonds. The summed E-state index contributed by atoms with van der Waals surface area (Å²) in [5, 5.41) is 1.32. The molecule has 0 spiro atoms. The Morgan fingerprint density at radius 1 is 1.50 bits per heavy atom. The first-order valence-corrected chi connectivity index (χ1v) is 8.58. The summed E-state index contributed by atoms with van der Waals surface area (Å²) in [7, 11) is 2.12. The molecule has 124 valence electrons. The van der Waals surface area contributed by atoms with E-state index in [4.69, 9.17) is 0 Å². The summed E-state index contributed by atoms with van der Waals surface area (Å²) in [4.78, 5) is 20.2. The van der Waals surface area contributed by atoms with Crippen LogP contribution in [-0.4, -0.2) is 46.9 Å². The number of aromatic amines is 1. The van der Waals surface area contributed by atoms with Crippen LogP contribution in [0.4, 0.5) is 0 Å². The number of rotatable bonds is 3. The molecule has 0 bridgehead atoms. The average molecular weight is 321 g/mol. The number of nitrogens with one attached hydrogen (secondary N) is 1. The van der Waals surface area contributed by atoms with Crippen molar-refractivity contribution in [3.05, 3.63) is 54.4 Å². The normalized spacial score (nSPS) is 22.8. The van der Waals surface area contributed by atoms with E-state index in [9.17, 15) is 4.79 Å². The average Bonchev–Trinajstić information content (AvgIpc) is 3.01. The third-order valence-electron chi connectivity index (χ3n) is 5.43. The molecule has 24 heavy (non-hydrogen) atoms. The van der Waals surface area contributed by atoms with E-state index in [1.165, 1.54) is 27.6 Å². The standard InChI is InChI=1S/C20H23N3O/c1-4-23(5-2)20(24)14-9-16-15-7-6-8-17-19(15)13(11-21-17)10-18(16)22(3)12-14/h4,6-9,11,14,18,21H,1,5,10,12H2,2-3H3/t14-,18-/m1/s1. The van der Waals surface area contributed by atoms with Crippen LogP contribution in [-0.2, 0) is 11.2 Å². The molecule has 0 fully saturated rings. The van der Waals surface area contributed by atoms with Crippen molar-refractivity contribution in [2.24, 2.45) is 5.92 Å². The van der Waals surface area contributed by atoms with Gasteiger partial charge in [0, 0.05) is 36.2 Å². The second-order valence-corrected chi connectivity index (χ2v) is 6.74. The predicted molar refractivity (Wildman–Crippen MR) is 97.5 cm³/mol. The zero-order valence-electron chi connectivity index (χ0n) is 14.2. The fourth-order valence-electron chi connectivity index (χ4n) is 4.19. The van der Waals surface area contributed by atoms with Gasteiger partial charge in [-0.2, -0.15) is 0 Å². The van der Waals surface area contributed by atoms with Gasteiger partial charge in [-0.3, -0.25) is 9.69 Å². The van der Waals surface area contributed by atoms with Gasteiger partial charge in [0.05, 0.1) is 5.92 Å². The van der Waals surface area contributed by atoms with E-state index in [0.29, 0.717) is 12.6 Å². The van der Waals surface area contributed by atoms with Gasteiger partial charge in [0.2, 0.25) is 5.91 Å². The number of likely N-dealkylation sites (N-methyl/N-ethyl adjacent to an activating group) is 1. The highest BCUT2D eigenvalue weighted by Crippen LogP contribution is 2.40. The molecule has 1 aliphatic heterocycles. The van der Waals surface area contributed by atoms with Crippen molar-refractivity contribution in [1.82, 2.24) is 14.8 Å². The lowest BCUT2D eigenvalue weighted by Gasteiger charge is -2.40. The van der Waals surface area contributed by atoms with Crippen LogP contribution >= 0.6 is 0 Å². The Bertz CT molecular complexity index is 848. The third kappa shape index (κ3) is 2.13. The summed E-state index contributed by atoms with van der Waals surface area (Å²) in [6, 6.07) is 6.74. The number of fused-ring (bicyclic) bond motifs is 2. The Balaban J connectivity index is 1.81. The van der Waals surface area contributed by atoms with Gasteiger partial charge in [-0.05, 0) is 49.4 Å². The highest BCUT2D eigenvalue weighted by molar-refractivity contribution is 5.99. The minimum absolute atomic E-state index is 0.116. The molecule has 2 aliphatic rings. The zero-order valence-corrected chi connectivity index (χ0v) is 14.2. The SMILES string of the molecule is C=CN(CC)C(=O)[C@@H]1C=C2c3cccc4[nH]cc(c34)C[C@H]2N(C)C1. The highest BCUT2D eigenvalue weighted by Gasteiger charge is 2.36. The Hall–Kier alpha value is -2.33. The number of carbonyl (C=O) groups excluding carboxylic acids is 1. The maximum Gasteiger partial charge on any atom is 0.234 e. The van der Waals surface area contributed by atoms with E-state index < -0.39 is 0 Å². The summed E-state index contributed by atoms with van der Waals surface area (Å²) in [5.74, 6) is 0.0206. The number of nitrogens with zero attached hydrogens (tertiary/aromatic N) is 2. The Kier molecular flexibility index (Phi) is 3.57. The van der Waals surface area contributed by atoms with Gasteiger partial charge >= 0.3 is 0 Å². The summed E-state index contributed by atoms with van der Waals surface area (Å²) in [6.07, 6.45) is 6.97. The summed E-state index contributed by atoms with van der Waals surface area (Å²) < 4.78 is 0. The first kappa shape index (κ1) is 15.2. The van der Waals surface area contributed by atoms with E-state index in [2.05, 4.69) is 54.0 Å². The van der Waals surface area contributed by atoms with Gasteiger partial charge in [-0.25, -0.2) is 0 Å². The second-order valence-electron chi connectivity index (χ2n) is 6.74. The van der Waals surface area contributed by atoms with Crippen molar-refractivity contribution in [3.63, 3.8) is 0 Å². The van der Waals surface area contributed by atoms with Crippen molar-refractivity contribution in [1.29, 1.82) is 0 Å². The van der Waals surface area contributed by atoms with Crippen LogP contribution in [0.5, 0.6) is 0 Å². The van der Waals surface area contributed by atoms with E-state index >= 15 is 0 Å². The Labute approximate surface area is 142 Å². The van der Waals surface area contributed by atoms with Crippen LogP contribution in [0, 0.1) is 5.92 Å². The summed E-state index contributed by atoms with van der Waals surface area (Å²) in [6.45, 7) is 7.17. The topological polar surface area (TPSA) is 39.3 Å². The minimum atomic E-state index is -0.116. The van der Waals surface area contributed by atoms with E-state index in [0.717, 1.165) is 13.0 Å². The summed E-state index contributed by atoms with van der Waals surface area (Å²) in [5.41, 5.74) is 5.12. The predicted octanol–water partition coefficient (Wildman–Crippen LogP) is 3.03. The lowest BCUT2D eigenvalue weighted by Crippen LogP contribution is -2.46. The number of hydrogen-bond acceptors (Lipinski definition) is 2. The quantitative estimate of drug-likeness (QED) is 0.944. The van der Waals surface area contributed by atoms with Crippen LogP contribution in [0.25, 0.3) is 16.5 Å². The zero-order chi connectivity index (χ0) is 16.8. The molecular formula is C20H23N3O. The lowest BCUT2D eigenvalue weighted by atomic mass is 9.79. The van der Waals surface area contributed by atoms with Crippen molar-refractivity contribution in [3.8, 4) is 0 Å². The number of H-pyrrole nitrogens is 1. The van der Waals surface area contributed by atoms with Crippen LogP contribution in [0.3, 0.4) is 0 Å². The van der Waals surface area contributed by atoms with Gasteiger partial charge in [0.1, 0.15) is 0 Å². The number of carbonyl (C=O) groups is 1. The molecule has 2 heterocycles. The molecule has 4 heteroatoms. The molecule has 0 saturated carbocycles. The molecule has 4 rings (SSSR count). The van der Waals surface area contributed by atoms with Crippen molar-refractivity contribution >= 4 is 22.4 Å². The molecule has 1 aliphatic carbocycles. The molecule has 1 aromatic heterocycles. The molecule has 0 radical (unpaired) electrons. The molecule has 0 saturated heterocycles. The maximum atomic E-state index is 12.8. The number of aromatic nitrogens is 1. The van der Waals surface area contributed by atoms with Gasteiger partial charge < -0.3 is 9.88 Å². The number of benzene rings is 1. The molecule has 2 aromatic rings. The Morgan fingerprint density at radius 3 is 3.08 bits per heavy atom. The largest absolute Gasteiger partial charge is 0.361 e. The molecule has 1 aromatic carbocycles. The molecule has 4 nitrogen and oxygen atoms in total. The monoisotopic (exact) mass is 321 g/mol.